The highest BCUT2D eigenvalue weighted by molar-refractivity contribution is 5.98. The molecule has 3 fully saturated rings. The summed E-state index contributed by atoms with van der Waals surface area (Å²) in [6.07, 6.45) is 5.77. The van der Waals surface area contributed by atoms with E-state index in [0.717, 1.165) is 12.8 Å². The van der Waals surface area contributed by atoms with Gasteiger partial charge in [0.15, 0.2) is 0 Å². The zero-order valence-electron chi connectivity index (χ0n) is 26.0. The standard InChI is InChI=1S/C34H47N3O7/c1-5-8-16-27(39)35-22-26(24-14-10-9-11-15-24)43-33(42)28-25-17-18-34(44-25)29(28)31(40)37(20-12-21-38)30(34)32(41)36(19-7-3)23(4)13-6-2/h5,7,9-11,14-15,23,25-26,28-30,38H,1,3,6,8,12-13,16-22H2,2,4H3,(H,35,39)/t23?,25-,26+,28+,29+,30-,34+/m1/s1. The molecule has 0 aliphatic carbocycles. The molecular formula is C34H47N3O7. The van der Waals surface area contributed by atoms with E-state index in [0.29, 0.717) is 37.8 Å². The number of hydrogen-bond acceptors (Lipinski definition) is 7. The van der Waals surface area contributed by atoms with Crippen molar-refractivity contribution in [3.8, 4) is 0 Å². The highest BCUT2D eigenvalue weighted by Crippen LogP contribution is 2.59. The van der Waals surface area contributed by atoms with E-state index in [1.807, 2.05) is 37.3 Å². The SMILES string of the molecule is C=CCCC(=O)NC[C@H](OC(=O)[C@@H]1[C@H]2C(=O)N(CCCO)[C@H](C(=O)N(CC=C)C(C)CCC)[C@]23CC[C@H]1O3)c1ccccc1. The normalized spacial score (nSPS) is 26.5. The van der Waals surface area contributed by atoms with Gasteiger partial charge in [-0.3, -0.25) is 19.2 Å². The third-order valence-electron chi connectivity index (χ3n) is 9.20. The van der Waals surface area contributed by atoms with Crippen LogP contribution in [0.4, 0.5) is 0 Å². The van der Waals surface area contributed by atoms with Crippen molar-refractivity contribution in [2.45, 2.75) is 88.7 Å². The van der Waals surface area contributed by atoms with Crippen molar-refractivity contribution >= 4 is 23.7 Å². The Hall–Kier alpha value is -3.50. The number of nitrogens with zero attached hydrogens (tertiary/aromatic N) is 2. The first-order valence-corrected chi connectivity index (χ1v) is 15.9. The van der Waals surface area contributed by atoms with Gasteiger partial charge in [0.2, 0.25) is 17.7 Å². The maximum Gasteiger partial charge on any atom is 0.313 e. The van der Waals surface area contributed by atoms with E-state index in [4.69, 9.17) is 9.47 Å². The monoisotopic (exact) mass is 609 g/mol. The predicted octanol–water partition coefficient (Wildman–Crippen LogP) is 3.31. The first-order chi connectivity index (χ1) is 21.2. The summed E-state index contributed by atoms with van der Waals surface area (Å²) in [5.74, 6) is -3.09. The number of fused-ring (bicyclic) bond motifs is 1. The largest absolute Gasteiger partial charge is 0.455 e. The van der Waals surface area contributed by atoms with Gasteiger partial charge in [0, 0.05) is 32.2 Å². The van der Waals surface area contributed by atoms with Crippen LogP contribution >= 0.6 is 0 Å². The third-order valence-corrected chi connectivity index (χ3v) is 9.20. The first-order valence-electron chi connectivity index (χ1n) is 15.9. The van der Waals surface area contributed by atoms with Gasteiger partial charge in [0.05, 0.1) is 24.5 Å². The molecule has 0 saturated carbocycles. The molecule has 1 aromatic carbocycles. The van der Waals surface area contributed by atoms with E-state index in [1.165, 1.54) is 4.90 Å². The second kappa shape index (κ2) is 15.0. The second-order valence-electron chi connectivity index (χ2n) is 12.0. The van der Waals surface area contributed by atoms with Crippen LogP contribution in [-0.4, -0.2) is 88.6 Å². The minimum absolute atomic E-state index is 0.0727. The smallest absolute Gasteiger partial charge is 0.313 e. The molecule has 0 aromatic heterocycles. The van der Waals surface area contributed by atoms with Crippen LogP contribution in [-0.2, 0) is 28.7 Å². The average Bonchev–Trinajstić information content (AvgIpc) is 3.67. The summed E-state index contributed by atoms with van der Waals surface area (Å²) in [7, 11) is 0. The van der Waals surface area contributed by atoms with Crippen LogP contribution in [0.15, 0.2) is 55.6 Å². The summed E-state index contributed by atoms with van der Waals surface area (Å²) in [6.45, 7) is 12.0. The van der Waals surface area contributed by atoms with Crippen LogP contribution in [0.25, 0.3) is 0 Å². The summed E-state index contributed by atoms with van der Waals surface area (Å²) < 4.78 is 12.6. The Morgan fingerprint density at radius 1 is 1.25 bits per heavy atom. The van der Waals surface area contributed by atoms with Crippen LogP contribution in [0, 0.1) is 11.8 Å². The number of allylic oxidation sites excluding steroid dienone is 1. The fourth-order valence-electron chi connectivity index (χ4n) is 7.18. The topological polar surface area (TPSA) is 125 Å². The van der Waals surface area contributed by atoms with Crippen molar-refractivity contribution in [2.75, 3.05) is 26.2 Å². The van der Waals surface area contributed by atoms with Crippen LogP contribution in [0.5, 0.6) is 0 Å². The van der Waals surface area contributed by atoms with Crippen molar-refractivity contribution in [3.05, 3.63) is 61.2 Å². The van der Waals surface area contributed by atoms with Crippen molar-refractivity contribution in [1.82, 2.24) is 15.1 Å². The number of aliphatic hydroxyl groups is 1. The number of rotatable bonds is 17. The van der Waals surface area contributed by atoms with Crippen LogP contribution in [0.3, 0.4) is 0 Å². The lowest BCUT2D eigenvalue weighted by Crippen LogP contribution is -2.58. The van der Waals surface area contributed by atoms with Gasteiger partial charge in [-0.25, -0.2) is 0 Å². The lowest BCUT2D eigenvalue weighted by Gasteiger charge is -2.39. The maximum atomic E-state index is 14.3. The van der Waals surface area contributed by atoms with Crippen LogP contribution in [0.2, 0.25) is 0 Å². The fraction of sp³-hybridized carbons (Fsp3) is 0.588. The minimum Gasteiger partial charge on any atom is -0.455 e. The van der Waals surface area contributed by atoms with Gasteiger partial charge in [0.1, 0.15) is 17.7 Å². The summed E-state index contributed by atoms with van der Waals surface area (Å²) >= 11 is 0. The molecule has 4 rings (SSSR count). The van der Waals surface area contributed by atoms with Gasteiger partial charge in [-0.05, 0) is 44.6 Å². The Balaban J connectivity index is 1.62. The number of ether oxygens (including phenoxy) is 2. The lowest BCUT2D eigenvalue weighted by molar-refractivity contribution is -0.160. The molecule has 1 aromatic rings. The predicted molar refractivity (Wildman–Crippen MR) is 165 cm³/mol. The van der Waals surface area contributed by atoms with E-state index < -0.39 is 41.7 Å². The summed E-state index contributed by atoms with van der Waals surface area (Å²) in [5, 5.41) is 12.5. The quantitative estimate of drug-likeness (QED) is 0.205. The molecule has 3 aliphatic heterocycles. The van der Waals surface area contributed by atoms with Crippen LogP contribution < -0.4 is 5.32 Å². The Bertz CT molecular complexity index is 1210. The van der Waals surface area contributed by atoms with Crippen molar-refractivity contribution in [1.29, 1.82) is 0 Å². The molecule has 2 bridgehead atoms. The van der Waals surface area contributed by atoms with E-state index in [2.05, 4.69) is 25.4 Å². The number of amides is 3. The van der Waals surface area contributed by atoms with Gasteiger partial charge in [-0.2, -0.15) is 0 Å². The highest BCUT2D eigenvalue weighted by atomic mass is 16.6. The molecular weight excluding hydrogens is 562 g/mol. The Kier molecular flexibility index (Phi) is 11.4. The highest BCUT2D eigenvalue weighted by Gasteiger charge is 2.75. The number of likely N-dealkylation sites (tertiary alicyclic amines) is 1. The number of aliphatic hydroxyl groups excluding tert-OH is 1. The molecule has 3 aliphatic rings. The van der Waals surface area contributed by atoms with E-state index in [-0.39, 0.29) is 49.9 Å². The zero-order valence-corrected chi connectivity index (χ0v) is 26.0. The van der Waals surface area contributed by atoms with E-state index in [9.17, 15) is 24.3 Å². The summed E-state index contributed by atoms with van der Waals surface area (Å²) in [6, 6.07) is 8.16. The molecule has 3 amide bonds. The molecule has 2 N–H and O–H groups in total. The number of hydrogen-bond donors (Lipinski definition) is 2. The van der Waals surface area contributed by atoms with Gasteiger partial charge < -0.3 is 29.7 Å². The van der Waals surface area contributed by atoms with E-state index >= 15 is 0 Å². The van der Waals surface area contributed by atoms with Crippen molar-refractivity contribution in [2.24, 2.45) is 11.8 Å². The molecule has 240 valence electrons. The molecule has 7 atom stereocenters. The summed E-state index contributed by atoms with van der Waals surface area (Å²) in [5.41, 5.74) is -0.450. The Morgan fingerprint density at radius 2 is 2.00 bits per heavy atom. The third kappa shape index (κ3) is 6.61. The molecule has 0 radical (unpaired) electrons. The average molecular weight is 610 g/mol. The number of carbonyl (C=O) groups is 4. The molecule has 3 heterocycles. The Labute approximate surface area is 260 Å². The minimum atomic E-state index is -1.16. The lowest BCUT2D eigenvalue weighted by atomic mass is 9.70. The fourth-order valence-corrected chi connectivity index (χ4v) is 7.18. The number of carbonyl (C=O) groups excluding carboxylic acids is 4. The number of esters is 1. The molecule has 10 nitrogen and oxygen atoms in total. The second-order valence-corrected chi connectivity index (χ2v) is 12.0. The van der Waals surface area contributed by atoms with Gasteiger partial charge in [0.25, 0.3) is 0 Å². The van der Waals surface area contributed by atoms with Crippen molar-refractivity contribution < 1.29 is 33.8 Å². The molecule has 1 spiro atoms. The van der Waals surface area contributed by atoms with E-state index in [1.54, 1.807) is 17.1 Å². The summed E-state index contributed by atoms with van der Waals surface area (Å²) in [4.78, 5) is 58.1. The maximum absolute atomic E-state index is 14.3. The van der Waals surface area contributed by atoms with Gasteiger partial charge in [-0.15, -0.1) is 13.2 Å². The Morgan fingerprint density at radius 3 is 2.66 bits per heavy atom. The number of benzene rings is 1. The number of nitrogens with one attached hydrogen (secondary N) is 1. The molecule has 3 saturated heterocycles. The van der Waals surface area contributed by atoms with Crippen molar-refractivity contribution in [3.63, 3.8) is 0 Å². The first kappa shape index (κ1) is 33.4. The van der Waals surface area contributed by atoms with Crippen LogP contribution in [0.1, 0.15) is 70.5 Å². The van der Waals surface area contributed by atoms with Gasteiger partial charge in [-0.1, -0.05) is 55.8 Å². The molecule has 1 unspecified atom stereocenters. The molecule has 10 heteroatoms. The molecule has 44 heavy (non-hydrogen) atoms. The zero-order chi connectivity index (χ0) is 31.9. The van der Waals surface area contributed by atoms with Gasteiger partial charge >= 0.3 is 5.97 Å².